The number of rotatable bonds is 16. The fraction of sp³-hybridized carbons (Fsp3) is 0.737. The van der Waals surface area contributed by atoms with Gasteiger partial charge in [0.1, 0.15) is 0 Å². The van der Waals surface area contributed by atoms with E-state index in [-0.39, 0.29) is 0 Å². The lowest BCUT2D eigenvalue weighted by atomic mass is 10.1. The standard InChI is InChI=1S/C19H34O3/c20-18-16-14-12-10-8-6-4-2-1-3-5-7-9-11-13-15-17-19(21)22/h1,3-4,6,20H,2,5,7-18H2,(H,21,22)/b3-1-,6-4-. The first-order valence-electron chi connectivity index (χ1n) is 8.90. The number of unbranched alkanes of at least 4 members (excludes halogenated alkanes) is 9. The van der Waals surface area contributed by atoms with Crippen LogP contribution in [0.25, 0.3) is 0 Å². The van der Waals surface area contributed by atoms with Crippen LogP contribution in [0.2, 0.25) is 0 Å². The molecule has 0 atom stereocenters. The summed E-state index contributed by atoms with van der Waals surface area (Å²) in [7, 11) is 0. The van der Waals surface area contributed by atoms with Crippen molar-refractivity contribution in [2.24, 2.45) is 0 Å². The second-order valence-corrected chi connectivity index (χ2v) is 5.81. The van der Waals surface area contributed by atoms with Gasteiger partial charge in [0, 0.05) is 13.0 Å². The maximum absolute atomic E-state index is 10.3. The van der Waals surface area contributed by atoms with Crippen molar-refractivity contribution in [3.05, 3.63) is 24.3 Å². The quantitative estimate of drug-likeness (QED) is 0.302. The summed E-state index contributed by atoms with van der Waals surface area (Å²) in [5.74, 6) is -0.679. The molecular weight excluding hydrogens is 276 g/mol. The van der Waals surface area contributed by atoms with Gasteiger partial charge in [-0.25, -0.2) is 0 Å². The summed E-state index contributed by atoms with van der Waals surface area (Å²) in [5, 5.41) is 17.2. The second-order valence-electron chi connectivity index (χ2n) is 5.81. The van der Waals surface area contributed by atoms with Crippen LogP contribution in [-0.2, 0) is 4.79 Å². The Kier molecular flexibility index (Phi) is 17.1. The minimum absolute atomic E-state index is 0.313. The van der Waals surface area contributed by atoms with E-state index in [9.17, 15) is 4.79 Å². The second kappa shape index (κ2) is 18.0. The summed E-state index contributed by atoms with van der Waals surface area (Å²) in [6.07, 6.45) is 22.5. The number of carboxylic acids is 1. The molecule has 128 valence electrons. The first-order valence-corrected chi connectivity index (χ1v) is 8.90. The van der Waals surface area contributed by atoms with Crippen molar-refractivity contribution < 1.29 is 15.0 Å². The summed E-state index contributed by atoms with van der Waals surface area (Å²) in [4.78, 5) is 10.3. The van der Waals surface area contributed by atoms with Gasteiger partial charge in [-0.3, -0.25) is 4.79 Å². The monoisotopic (exact) mass is 310 g/mol. The van der Waals surface area contributed by atoms with Gasteiger partial charge < -0.3 is 10.2 Å². The molecule has 0 bridgehead atoms. The predicted octanol–water partition coefficient (Wildman–Crippen LogP) is 5.25. The zero-order valence-electron chi connectivity index (χ0n) is 14.0. The Bertz CT molecular complexity index is 295. The molecule has 0 rings (SSSR count). The molecule has 0 unspecified atom stereocenters. The van der Waals surface area contributed by atoms with Gasteiger partial charge in [0.05, 0.1) is 0 Å². The molecule has 2 N–H and O–H groups in total. The van der Waals surface area contributed by atoms with E-state index in [1.165, 1.54) is 25.7 Å². The van der Waals surface area contributed by atoms with E-state index in [4.69, 9.17) is 10.2 Å². The topological polar surface area (TPSA) is 57.5 Å². The van der Waals surface area contributed by atoms with Gasteiger partial charge in [-0.05, 0) is 44.9 Å². The molecule has 22 heavy (non-hydrogen) atoms. The van der Waals surface area contributed by atoms with Crippen molar-refractivity contribution in [1.29, 1.82) is 0 Å². The molecule has 0 aromatic carbocycles. The van der Waals surface area contributed by atoms with Gasteiger partial charge in [0.2, 0.25) is 0 Å². The van der Waals surface area contributed by atoms with Gasteiger partial charge in [-0.1, -0.05) is 56.4 Å². The van der Waals surface area contributed by atoms with Gasteiger partial charge in [-0.15, -0.1) is 0 Å². The van der Waals surface area contributed by atoms with Crippen LogP contribution in [0, 0.1) is 0 Å². The first kappa shape index (κ1) is 20.9. The number of aliphatic carboxylic acids is 1. The zero-order valence-corrected chi connectivity index (χ0v) is 14.0. The first-order chi connectivity index (χ1) is 10.8. The van der Waals surface area contributed by atoms with Crippen LogP contribution in [0.5, 0.6) is 0 Å². The third-order valence-electron chi connectivity index (χ3n) is 3.65. The van der Waals surface area contributed by atoms with E-state index in [2.05, 4.69) is 24.3 Å². The minimum Gasteiger partial charge on any atom is -0.481 e. The largest absolute Gasteiger partial charge is 0.481 e. The number of carbonyl (C=O) groups is 1. The highest BCUT2D eigenvalue weighted by Gasteiger charge is 1.95. The Hall–Kier alpha value is -1.09. The SMILES string of the molecule is O=C(O)CCCCCCC/C=C\C/C=C\CCCCCCO. The number of hydrogen-bond donors (Lipinski definition) is 2. The zero-order chi connectivity index (χ0) is 16.3. The number of hydrogen-bond acceptors (Lipinski definition) is 2. The third-order valence-corrected chi connectivity index (χ3v) is 3.65. The molecule has 0 aliphatic heterocycles. The van der Waals surface area contributed by atoms with Crippen LogP contribution in [0.1, 0.15) is 83.5 Å². The molecule has 0 fully saturated rings. The average Bonchev–Trinajstić information content (AvgIpc) is 2.50. The molecule has 0 spiro atoms. The summed E-state index contributed by atoms with van der Waals surface area (Å²) in [6.45, 7) is 0.322. The van der Waals surface area contributed by atoms with Crippen LogP contribution in [0.4, 0.5) is 0 Å². The molecule has 0 saturated heterocycles. The van der Waals surface area contributed by atoms with Gasteiger partial charge in [0.25, 0.3) is 0 Å². The lowest BCUT2D eigenvalue weighted by Crippen LogP contribution is -1.93. The van der Waals surface area contributed by atoms with Crippen LogP contribution < -0.4 is 0 Å². The van der Waals surface area contributed by atoms with Gasteiger partial charge in [-0.2, -0.15) is 0 Å². The highest BCUT2D eigenvalue weighted by Crippen LogP contribution is 2.08. The van der Waals surface area contributed by atoms with Crippen molar-refractivity contribution >= 4 is 5.97 Å². The molecule has 0 saturated carbocycles. The Labute approximate surface area is 136 Å². The molecule has 0 radical (unpaired) electrons. The van der Waals surface area contributed by atoms with E-state index in [0.29, 0.717) is 13.0 Å². The maximum atomic E-state index is 10.3. The van der Waals surface area contributed by atoms with Crippen molar-refractivity contribution in [2.45, 2.75) is 83.5 Å². The fourth-order valence-electron chi connectivity index (χ4n) is 2.30. The maximum Gasteiger partial charge on any atom is 0.303 e. The molecule has 3 nitrogen and oxygen atoms in total. The van der Waals surface area contributed by atoms with E-state index in [1.54, 1.807) is 0 Å². The minimum atomic E-state index is -0.679. The van der Waals surface area contributed by atoms with E-state index < -0.39 is 5.97 Å². The Morgan fingerprint density at radius 2 is 1.18 bits per heavy atom. The van der Waals surface area contributed by atoms with Crippen molar-refractivity contribution in [1.82, 2.24) is 0 Å². The van der Waals surface area contributed by atoms with E-state index in [1.807, 2.05) is 0 Å². The molecular formula is C19H34O3. The number of allylic oxidation sites excluding steroid dienone is 4. The van der Waals surface area contributed by atoms with Crippen molar-refractivity contribution in [2.75, 3.05) is 6.61 Å². The highest BCUT2D eigenvalue weighted by molar-refractivity contribution is 5.66. The van der Waals surface area contributed by atoms with Gasteiger partial charge >= 0.3 is 5.97 Å². The van der Waals surface area contributed by atoms with Crippen LogP contribution >= 0.6 is 0 Å². The molecule has 3 heteroatoms. The van der Waals surface area contributed by atoms with Crippen LogP contribution in [0.3, 0.4) is 0 Å². The summed E-state index contributed by atoms with van der Waals surface area (Å²) in [6, 6.07) is 0. The van der Waals surface area contributed by atoms with E-state index in [0.717, 1.165) is 51.4 Å². The van der Waals surface area contributed by atoms with E-state index >= 15 is 0 Å². The Morgan fingerprint density at radius 1 is 0.682 bits per heavy atom. The number of aliphatic hydroxyl groups is 1. The van der Waals surface area contributed by atoms with Gasteiger partial charge in [0.15, 0.2) is 0 Å². The smallest absolute Gasteiger partial charge is 0.303 e. The molecule has 0 heterocycles. The van der Waals surface area contributed by atoms with Crippen molar-refractivity contribution in [3.63, 3.8) is 0 Å². The van der Waals surface area contributed by atoms with Crippen molar-refractivity contribution in [3.8, 4) is 0 Å². The highest BCUT2D eigenvalue weighted by atomic mass is 16.4. The normalized spacial score (nSPS) is 11.7. The summed E-state index contributed by atoms with van der Waals surface area (Å²) >= 11 is 0. The van der Waals surface area contributed by atoms with Crippen LogP contribution in [0.15, 0.2) is 24.3 Å². The lowest BCUT2D eigenvalue weighted by molar-refractivity contribution is -0.137. The molecule has 0 amide bonds. The molecule has 0 aliphatic carbocycles. The molecule has 0 aromatic heterocycles. The predicted molar refractivity (Wildman–Crippen MR) is 93.0 cm³/mol. The summed E-state index contributed by atoms with van der Waals surface area (Å²) < 4.78 is 0. The summed E-state index contributed by atoms with van der Waals surface area (Å²) in [5.41, 5.74) is 0. The third kappa shape index (κ3) is 18.9. The number of aliphatic hydroxyl groups excluding tert-OH is 1. The Balaban J connectivity index is 3.18. The molecule has 0 aromatic rings. The number of carboxylic acid groups (broad SMARTS) is 1. The van der Waals surface area contributed by atoms with Crippen LogP contribution in [-0.4, -0.2) is 22.8 Å². The fourth-order valence-corrected chi connectivity index (χ4v) is 2.30. The molecule has 0 aliphatic rings. The lowest BCUT2D eigenvalue weighted by Gasteiger charge is -1.98. The Morgan fingerprint density at radius 3 is 1.73 bits per heavy atom. The average molecular weight is 310 g/mol.